The van der Waals surface area contributed by atoms with Gasteiger partial charge in [-0.25, -0.2) is 0 Å². The number of unbranched alkanes of at least 4 members (excludes halogenated alkanes) is 13. The molecule has 4 nitrogen and oxygen atoms in total. The summed E-state index contributed by atoms with van der Waals surface area (Å²) in [6.45, 7) is 3.46. The predicted octanol–water partition coefficient (Wildman–Crippen LogP) is 4.72. The summed E-state index contributed by atoms with van der Waals surface area (Å²) < 4.78 is 0. The van der Waals surface area contributed by atoms with Gasteiger partial charge in [0, 0.05) is 6.92 Å². The van der Waals surface area contributed by atoms with Crippen molar-refractivity contribution < 1.29 is 15.0 Å². The molecule has 3 N–H and O–H groups in total. The average Bonchev–Trinajstić information content (AvgIpc) is 2.59. The fraction of sp³-hybridized carbons (Fsp3) is 0.952. The number of aliphatic hydroxyl groups is 2. The lowest BCUT2D eigenvalue weighted by Gasteiger charge is -2.21. The summed E-state index contributed by atoms with van der Waals surface area (Å²) in [4.78, 5) is 11.0. The van der Waals surface area contributed by atoms with Gasteiger partial charge in [0.25, 0.3) is 0 Å². The van der Waals surface area contributed by atoms with Crippen molar-refractivity contribution >= 4 is 5.91 Å². The number of hydrogen-bond donors (Lipinski definition) is 3. The Balaban J connectivity index is 3.31. The third kappa shape index (κ3) is 16.6. The Morgan fingerprint density at radius 2 is 1.20 bits per heavy atom. The number of carbonyl (C=O) groups excluding carboxylic acids is 1. The van der Waals surface area contributed by atoms with Gasteiger partial charge in [-0.15, -0.1) is 0 Å². The van der Waals surface area contributed by atoms with Crippen molar-refractivity contribution in [1.29, 1.82) is 0 Å². The first-order valence-corrected chi connectivity index (χ1v) is 10.7. The van der Waals surface area contributed by atoms with Gasteiger partial charge in [-0.3, -0.25) is 4.79 Å². The van der Waals surface area contributed by atoms with Gasteiger partial charge in [0.2, 0.25) is 5.91 Å². The molecule has 2 atom stereocenters. The molecule has 25 heavy (non-hydrogen) atoms. The number of nitrogens with one attached hydrogen (secondary N) is 1. The second kappa shape index (κ2) is 18.2. The van der Waals surface area contributed by atoms with Crippen molar-refractivity contribution in [3.63, 3.8) is 0 Å². The molecule has 1 amide bonds. The Hall–Kier alpha value is -0.610. The van der Waals surface area contributed by atoms with E-state index in [9.17, 15) is 15.0 Å². The lowest BCUT2D eigenvalue weighted by molar-refractivity contribution is -0.121. The third-order valence-corrected chi connectivity index (χ3v) is 4.90. The van der Waals surface area contributed by atoms with Gasteiger partial charge < -0.3 is 15.5 Å². The van der Waals surface area contributed by atoms with E-state index in [0.717, 1.165) is 12.8 Å². The minimum atomic E-state index is -0.647. The van der Waals surface area contributed by atoms with Gasteiger partial charge in [-0.05, 0) is 6.42 Å². The van der Waals surface area contributed by atoms with Crippen LogP contribution in [0.1, 0.15) is 110 Å². The zero-order valence-corrected chi connectivity index (χ0v) is 16.8. The van der Waals surface area contributed by atoms with Crippen LogP contribution in [0.5, 0.6) is 0 Å². The van der Waals surface area contributed by atoms with E-state index in [4.69, 9.17) is 0 Å². The Morgan fingerprint density at radius 1 is 0.800 bits per heavy atom. The summed E-state index contributed by atoms with van der Waals surface area (Å²) in [6.07, 6.45) is 18.4. The van der Waals surface area contributed by atoms with E-state index in [2.05, 4.69) is 12.2 Å². The fourth-order valence-corrected chi connectivity index (χ4v) is 3.27. The molecule has 0 saturated carbocycles. The molecular weight excluding hydrogens is 314 g/mol. The quantitative estimate of drug-likeness (QED) is 0.311. The summed E-state index contributed by atoms with van der Waals surface area (Å²) in [6, 6.07) is -0.528. The molecule has 0 aromatic rings. The second-order valence-corrected chi connectivity index (χ2v) is 7.44. The number of amides is 1. The summed E-state index contributed by atoms with van der Waals surface area (Å²) in [7, 11) is 0. The van der Waals surface area contributed by atoms with Crippen molar-refractivity contribution in [3.05, 3.63) is 0 Å². The topological polar surface area (TPSA) is 69.6 Å². The first kappa shape index (κ1) is 24.4. The Kier molecular flexibility index (Phi) is 17.7. The van der Waals surface area contributed by atoms with Gasteiger partial charge in [0.1, 0.15) is 0 Å². The molecule has 0 aromatic heterocycles. The monoisotopic (exact) mass is 357 g/mol. The van der Waals surface area contributed by atoms with E-state index in [1.165, 1.54) is 84.0 Å². The number of aliphatic hydroxyl groups excluding tert-OH is 2. The molecule has 0 aliphatic rings. The van der Waals surface area contributed by atoms with Crippen LogP contribution in [0.2, 0.25) is 0 Å². The van der Waals surface area contributed by atoms with Crippen LogP contribution in [0, 0.1) is 0 Å². The summed E-state index contributed by atoms with van der Waals surface area (Å²) in [5.41, 5.74) is 0. The molecule has 0 rings (SSSR count). The van der Waals surface area contributed by atoms with E-state index in [-0.39, 0.29) is 12.5 Å². The second-order valence-electron chi connectivity index (χ2n) is 7.44. The first-order valence-electron chi connectivity index (χ1n) is 10.7. The van der Waals surface area contributed by atoms with Crippen LogP contribution >= 0.6 is 0 Å². The Morgan fingerprint density at radius 3 is 1.56 bits per heavy atom. The lowest BCUT2D eigenvalue weighted by atomic mass is 10.0. The van der Waals surface area contributed by atoms with Crippen LogP contribution in [0.4, 0.5) is 0 Å². The smallest absolute Gasteiger partial charge is 0.217 e. The SMILES string of the molecule is CCCCCCCCCCCCCCCCC(O)C(CO)NC(C)=O. The maximum absolute atomic E-state index is 11.0. The molecule has 0 heterocycles. The molecule has 0 saturated heterocycles. The van der Waals surface area contributed by atoms with Crippen molar-refractivity contribution in [2.45, 2.75) is 122 Å². The molecule has 0 aliphatic carbocycles. The van der Waals surface area contributed by atoms with Crippen molar-refractivity contribution in [1.82, 2.24) is 5.32 Å². The van der Waals surface area contributed by atoms with E-state index < -0.39 is 12.1 Å². The summed E-state index contributed by atoms with van der Waals surface area (Å²) in [5.74, 6) is -0.209. The molecule has 4 heteroatoms. The van der Waals surface area contributed by atoms with E-state index >= 15 is 0 Å². The maximum Gasteiger partial charge on any atom is 0.217 e. The maximum atomic E-state index is 11.0. The largest absolute Gasteiger partial charge is 0.394 e. The summed E-state index contributed by atoms with van der Waals surface area (Å²) >= 11 is 0. The van der Waals surface area contributed by atoms with Crippen molar-refractivity contribution in [3.8, 4) is 0 Å². The predicted molar refractivity (Wildman–Crippen MR) is 106 cm³/mol. The van der Waals surface area contributed by atoms with Crippen molar-refractivity contribution in [2.75, 3.05) is 6.61 Å². The van der Waals surface area contributed by atoms with Gasteiger partial charge in [-0.1, -0.05) is 96.8 Å². The zero-order valence-electron chi connectivity index (χ0n) is 16.8. The molecule has 0 aromatic carbocycles. The van der Waals surface area contributed by atoms with Crippen LogP contribution in [0.25, 0.3) is 0 Å². The van der Waals surface area contributed by atoms with E-state index in [0.29, 0.717) is 6.42 Å². The van der Waals surface area contributed by atoms with Crippen LogP contribution in [0.3, 0.4) is 0 Å². The van der Waals surface area contributed by atoms with Crippen LogP contribution in [-0.4, -0.2) is 34.9 Å². The number of rotatable bonds is 18. The highest BCUT2D eigenvalue weighted by molar-refractivity contribution is 5.73. The fourth-order valence-electron chi connectivity index (χ4n) is 3.27. The molecule has 0 aliphatic heterocycles. The van der Waals surface area contributed by atoms with Crippen molar-refractivity contribution in [2.24, 2.45) is 0 Å². The van der Waals surface area contributed by atoms with Gasteiger partial charge in [0.05, 0.1) is 18.8 Å². The minimum absolute atomic E-state index is 0.209. The Labute approximate surface area is 155 Å². The summed E-state index contributed by atoms with van der Waals surface area (Å²) in [5, 5.41) is 21.8. The van der Waals surface area contributed by atoms with Gasteiger partial charge in [-0.2, -0.15) is 0 Å². The first-order chi connectivity index (χ1) is 12.1. The highest BCUT2D eigenvalue weighted by Gasteiger charge is 2.18. The molecule has 0 radical (unpaired) electrons. The standard InChI is InChI=1S/C21H43NO3/c1-3-4-5-6-7-8-9-10-11-12-13-14-15-16-17-21(25)20(18-23)22-19(2)24/h20-21,23,25H,3-18H2,1-2H3,(H,22,24). The minimum Gasteiger partial charge on any atom is -0.394 e. The Bertz CT molecular complexity index is 297. The third-order valence-electron chi connectivity index (χ3n) is 4.90. The van der Waals surface area contributed by atoms with Crippen LogP contribution in [-0.2, 0) is 4.79 Å². The van der Waals surface area contributed by atoms with Crippen LogP contribution in [0.15, 0.2) is 0 Å². The van der Waals surface area contributed by atoms with E-state index in [1.807, 2.05) is 0 Å². The van der Waals surface area contributed by atoms with Gasteiger partial charge >= 0.3 is 0 Å². The highest BCUT2D eigenvalue weighted by atomic mass is 16.3. The molecule has 2 unspecified atom stereocenters. The molecule has 0 fully saturated rings. The van der Waals surface area contributed by atoms with E-state index in [1.54, 1.807) is 0 Å². The molecular formula is C21H43NO3. The van der Waals surface area contributed by atoms with Crippen LogP contribution < -0.4 is 5.32 Å². The lowest BCUT2D eigenvalue weighted by Crippen LogP contribution is -2.44. The molecule has 150 valence electrons. The molecule has 0 spiro atoms. The average molecular weight is 358 g/mol. The normalized spacial score (nSPS) is 13.6. The number of hydrogen-bond acceptors (Lipinski definition) is 3. The molecule has 0 bridgehead atoms. The highest BCUT2D eigenvalue weighted by Crippen LogP contribution is 2.14. The zero-order chi connectivity index (χ0) is 18.8. The van der Waals surface area contributed by atoms with Gasteiger partial charge in [0.15, 0.2) is 0 Å². The number of carbonyl (C=O) groups is 1.